The zero-order valence-electron chi connectivity index (χ0n) is 16.3. The second kappa shape index (κ2) is 7.58. The number of hydrogen-bond acceptors (Lipinski definition) is 4. The van der Waals surface area contributed by atoms with Crippen LogP contribution in [0.25, 0.3) is 16.7 Å². The fourth-order valence-corrected chi connectivity index (χ4v) is 3.88. The number of hydrogen-bond donors (Lipinski definition) is 1. The average molecular weight is 379 g/mol. The van der Waals surface area contributed by atoms with Crippen molar-refractivity contribution in [3.05, 3.63) is 52.2 Å². The number of aromatic nitrogens is 4. The summed E-state index contributed by atoms with van der Waals surface area (Å²) in [6, 6.07) is 6.18. The molecule has 7 heteroatoms. The third-order valence-electron chi connectivity index (χ3n) is 5.64. The molecule has 3 aromatic rings. The van der Waals surface area contributed by atoms with Gasteiger partial charge in [-0.2, -0.15) is 5.10 Å². The van der Waals surface area contributed by atoms with Gasteiger partial charge in [-0.3, -0.25) is 14.2 Å². The van der Waals surface area contributed by atoms with E-state index in [2.05, 4.69) is 15.4 Å². The average Bonchev–Trinajstić information content (AvgIpc) is 3.11. The molecule has 146 valence electrons. The number of nitrogens with one attached hydrogen (secondary N) is 1. The smallest absolute Gasteiger partial charge is 0.264 e. The van der Waals surface area contributed by atoms with Gasteiger partial charge in [-0.1, -0.05) is 31.4 Å². The van der Waals surface area contributed by atoms with Crippen LogP contribution in [0.4, 0.5) is 0 Å². The Kier molecular flexibility index (Phi) is 4.98. The standard InChI is InChI=1S/C21H25N5O2/c1-14-7-6-10-18(15(14)2)26-20-17(11-23-26)21(28)25(13-22-20)12-19(27)24-16-8-4-3-5-9-16/h6-7,10-11,13,16H,3-5,8-9,12H2,1-2H3,(H,24,27). The summed E-state index contributed by atoms with van der Waals surface area (Å²) in [5, 5.41) is 7.83. The molecule has 4 rings (SSSR count). The first-order valence-electron chi connectivity index (χ1n) is 9.83. The van der Waals surface area contributed by atoms with Crippen molar-refractivity contribution in [1.82, 2.24) is 24.6 Å². The van der Waals surface area contributed by atoms with Crippen LogP contribution in [0.15, 0.2) is 35.5 Å². The molecule has 0 spiro atoms. The zero-order valence-corrected chi connectivity index (χ0v) is 16.3. The molecule has 28 heavy (non-hydrogen) atoms. The van der Waals surface area contributed by atoms with Crippen molar-refractivity contribution in [3.63, 3.8) is 0 Å². The number of fused-ring (bicyclic) bond motifs is 1. The van der Waals surface area contributed by atoms with Crippen LogP contribution >= 0.6 is 0 Å². The van der Waals surface area contributed by atoms with Gasteiger partial charge in [0.1, 0.15) is 18.3 Å². The molecule has 2 heterocycles. The quantitative estimate of drug-likeness (QED) is 0.756. The minimum atomic E-state index is -0.250. The highest BCUT2D eigenvalue weighted by Crippen LogP contribution is 2.20. The maximum Gasteiger partial charge on any atom is 0.264 e. The molecule has 0 radical (unpaired) electrons. The molecule has 2 aromatic heterocycles. The molecule has 1 amide bonds. The Labute approximate surface area is 163 Å². The fraction of sp³-hybridized carbons (Fsp3) is 0.429. The maximum atomic E-state index is 12.8. The summed E-state index contributed by atoms with van der Waals surface area (Å²) >= 11 is 0. The Hall–Kier alpha value is -2.96. The number of carbonyl (C=O) groups is 1. The highest BCUT2D eigenvalue weighted by Gasteiger charge is 2.18. The van der Waals surface area contributed by atoms with Crippen molar-refractivity contribution in [2.24, 2.45) is 0 Å². The largest absolute Gasteiger partial charge is 0.352 e. The van der Waals surface area contributed by atoms with E-state index in [1.54, 1.807) is 4.68 Å². The van der Waals surface area contributed by atoms with Crippen molar-refractivity contribution in [1.29, 1.82) is 0 Å². The van der Waals surface area contributed by atoms with Gasteiger partial charge in [0, 0.05) is 6.04 Å². The van der Waals surface area contributed by atoms with E-state index in [1.165, 1.54) is 23.5 Å². The summed E-state index contributed by atoms with van der Waals surface area (Å²) in [6.07, 6.45) is 8.53. The van der Waals surface area contributed by atoms with E-state index >= 15 is 0 Å². The number of amides is 1. The third-order valence-corrected chi connectivity index (χ3v) is 5.64. The van der Waals surface area contributed by atoms with E-state index in [0.29, 0.717) is 11.0 Å². The van der Waals surface area contributed by atoms with Crippen LogP contribution in [-0.2, 0) is 11.3 Å². The monoisotopic (exact) mass is 379 g/mol. The predicted octanol–water partition coefficient (Wildman–Crippen LogP) is 2.65. The van der Waals surface area contributed by atoms with Gasteiger partial charge >= 0.3 is 0 Å². The summed E-state index contributed by atoms with van der Waals surface area (Å²) < 4.78 is 3.04. The van der Waals surface area contributed by atoms with Crippen LogP contribution in [0.5, 0.6) is 0 Å². The van der Waals surface area contributed by atoms with E-state index < -0.39 is 0 Å². The number of nitrogens with zero attached hydrogens (tertiary/aromatic N) is 4. The number of benzene rings is 1. The van der Waals surface area contributed by atoms with Crippen LogP contribution in [-0.4, -0.2) is 31.3 Å². The number of carbonyl (C=O) groups excluding carboxylic acids is 1. The minimum Gasteiger partial charge on any atom is -0.352 e. The molecule has 0 aliphatic heterocycles. The van der Waals surface area contributed by atoms with Gasteiger partial charge in [0.05, 0.1) is 11.9 Å². The molecule has 1 saturated carbocycles. The van der Waals surface area contributed by atoms with E-state index in [4.69, 9.17) is 0 Å². The van der Waals surface area contributed by atoms with Crippen molar-refractivity contribution >= 4 is 16.9 Å². The molecule has 7 nitrogen and oxygen atoms in total. The van der Waals surface area contributed by atoms with Crippen molar-refractivity contribution in [3.8, 4) is 5.69 Å². The Morgan fingerprint density at radius 3 is 2.79 bits per heavy atom. The summed E-state index contributed by atoms with van der Waals surface area (Å²) in [4.78, 5) is 29.6. The number of aryl methyl sites for hydroxylation is 1. The summed E-state index contributed by atoms with van der Waals surface area (Å²) in [7, 11) is 0. The lowest BCUT2D eigenvalue weighted by Crippen LogP contribution is -2.39. The highest BCUT2D eigenvalue weighted by molar-refractivity contribution is 5.78. The molecule has 1 fully saturated rings. The topological polar surface area (TPSA) is 81.8 Å². The first-order chi connectivity index (χ1) is 13.5. The summed E-state index contributed by atoms with van der Waals surface area (Å²) in [5.41, 5.74) is 3.39. The predicted molar refractivity (Wildman–Crippen MR) is 108 cm³/mol. The van der Waals surface area contributed by atoms with Gasteiger partial charge in [-0.05, 0) is 43.9 Å². The molecular weight excluding hydrogens is 354 g/mol. The van der Waals surface area contributed by atoms with Gasteiger partial charge in [0.2, 0.25) is 5.91 Å². The van der Waals surface area contributed by atoms with Crippen molar-refractivity contribution in [2.75, 3.05) is 0 Å². The fourth-order valence-electron chi connectivity index (χ4n) is 3.88. The lowest BCUT2D eigenvalue weighted by Gasteiger charge is -2.22. The molecule has 0 saturated heterocycles. The zero-order chi connectivity index (χ0) is 19.7. The molecule has 1 aromatic carbocycles. The molecule has 0 bridgehead atoms. The Bertz CT molecular complexity index is 1080. The SMILES string of the molecule is Cc1cccc(-n2ncc3c(=O)n(CC(=O)NC4CCCCC4)cnc32)c1C. The lowest BCUT2D eigenvalue weighted by molar-refractivity contribution is -0.122. The van der Waals surface area contributed by atoms with E-state index in [9.17, 15) is 9.59 Å². The third kappa shape index (κ3) is 3.44. The minimum absolute atomic E-state index is 0.0209. The molecule has 1 N–H and O–H groups in total. The highest BCUT2D eigenvalue weighted by atomic mass is 16.2. The van der Waals surface area contributed by atoms with E-state index in [1.807, 2.05) is 32.0 Å². The first-order valence-corrected chi connectivity index (χ1v) is 9.83. The second-order valence-corrected chi connectivity index (χ2v) is 7.59. The maximum absolute atomic E-state index is 12.8. The summed E-state index contributed by atoms with van der Waals surface area (Å²) in [5.74, 6) is -0.142. The first kappa shape index (κ1) is 18.4. The molecule has 0 unspecified atom stereocenters. The molecule has 0 atom stereocenters. The second-order valence-electron chi connectivity index (χ2n) is 7.59. The number of rotatable bonds is 4. The van der Waals surface area contributed by atoms with Gasteiger partial charge in [0.25, 0.3) is 5.56 Å². The summed E-state index contributed by atoms with van der Waals surface area (Å²) in [6.45, 7) is 4.04. The Morgan fingerprint density at radius 1 is 1.21 bits per heavy atom. The Morgan fingerprint density at radius 2 is 2.00 bits per heavy atom. The van der Waals surface area contributed by atoms with Crippen molar-refractivity contribution < 1.29 is 4.79 Å². The van der Waals surface area contributed by atoms with Crippen LogP contribution in [0.2, 0.25) is 0 Å². The Balaban J connectivity index is 1.60. The van der Waals surface area contributed by atoms with Crippen LogP contribution in [0.1, 0.15) is 43.2 Å². The van der Waals surface area contributed by atoms with E-state index in [-0.39, 0.29) is 24.1 Å². The molecular formula is C21H25N5O2. The van der Waals surface area contributed by atoms with Crippen LogP contribution in [0, 0.1) is 13.8 Å². The lowest BCUT2D eigenvalue weighted by atomic mass is 9.95. The normalized spacial score (nSPS) is 15.1. The molecule has 1 aliphatic carbocycles. The van der Waals surface area contributed by atoms with Gasteiger partial charge in [0.15, 0.2) is 5.65 Å². The van der Waals surface area contributed by atoms with Crippen molar-refractivity contribution in [2.45, 2.75) is 58.5 Å². The van der Waals surface area contributed by atoms with Crippen LogP contribution < -0.4 is 10.9 Å². The van der Waals surface area contributed by atoms with Gasteiger partial charge in [-0.15, -0.1) is 0 Å². The van der Waals surface area contributed by atoms with Gasteiger partial charge < -0.3 is 5.32 Å². The molecule has 1 aliphatic rings. The van der Waals surface area contributed by atoms with Gasteiger partial charge in [-0.25, -0.2) is 9.67 Å². The van der Waals surface area contributed by atoms with E-state index in [0.717, 1.165) is 42.5 Å². The van der Waals surface area contributed by atoms with Crippen LogP contribution in [0.3, 0.4) is 0 Å².